The van der Waals surface area contributed by atoms with E-state index in [1.54, 1.807) is 18.2 Å². The third kappa shape index (κ3) is 3.57. The maximum absolute atomic E-state index is 13.4. The lowest BCUT2D eigenvalue weighted by Crippen LogP contribution is -2.12. The van der Waals surface area contributed by atoms with Crippen molar-refractivity contribution in [3.05, 3.63) is 73.2 Å². The maximum atomic E-state index is 13.4. The lowest BCUT2D eigenvalue weighted by atomic mass is 10.0. The minimum absolute atomic E-state index is 0.0519. The number of carbonyl (C=O) groups is 1. The fraction of sp³-hybridized carbons (Fsp3) is 0. The second-order valence-electron chi connectivity index (χ2n) is 4.74. The number of hydrogen-bond acceptors (Lipinski definition) is 2. The summed E-state index contributed by atoms with van der Waals surface area (Å²) in [5.41, 5.74) is 2.82. The fourth-order valence-corrected chi connectivity index (χ4v) is 3.81. The van der Waals surface area contributed by atoms with Crippen LogP contribution in [0.1, 0.15) is 10.4 Å². The van der Waals surface area contributed by atoms with Crippen LogP contribution in [-0.2, 0) is 0 Å². The van der Waals surface area contributed by atoms with Gasteiger partial charge in [0, 0.05) is 11.3 Å². The monoisotopic (exact) mass is 457 g/mol. The van der Waals surface area contributed by atoms with Gasteiger partial charge in [0.25, 0.3) is 5.91 Å². The molecule has 0 aliphatic heterocycles. The van der Waals surface area contributed by atoms with Crippen molar-refractivity contribution in [1.29, 1.82) is 0 Å². The summed E-state index contributed by atoms with van der Waals surface area (Å²) in [5, 5.41) is 4.84. The number of benzene rings is 2. The molecule has 116 valence electrons. The molecule has 0 aliphatic rings. The van der Waals surface area contributed by atoms with Crippen LogP contribution >= 0.6 is 45.5 Å². The molecule has 1 aromatic heterocycles. The number of halogens is 3. The summed E-state index contributed by atoms with van der Waals surface area (Å²) in [5.74, 6) is -0.638. The van der Waals surface area contributed by atoms with Gasteiger partial charge in [-0.1, -0.05) is 35.9 Å². The van der Waals surface area contributed by atoms with Crippen molar-refractivity contribution in [3.63, 3.8) is 0 Å². The van der Waals surface area contributed by atoms with E-state index >= 15 is 0 Å². The largest absolute Gasteiger partial charge is 0.321 e. The van der Waals surface area contributed by atoms with Gasteiger partial charge in [-0.15, -0.1) is 11.3 Å². The zero-order valence-corrected chi connectivity index (χ0v) is 15.4. The number of carbonyl (C=O) groups excluding carboxylic acids is 1. The second kappa shape index (κ2) is 6.98. The molecule has 1 amide bonds. The molecular formula is C17H10ClFINOS. The third-order valence-electron chi connectivity index (χ3n) is 3.27. The molecule has 0 radical (unpaired) electrons. The van der Waals surface area contributed by atoms with Gasteiger partial charge in [-0.25, -0.2) is 4.39 Å². The number of hydrogen-bond donors (Lipinski definition) is 1. The van der Waals surface area contributed by atoms with Gasteiger partial charge in [0.05, 0.1) is 13.5 Å². The molecule has 0 saturated heterocycles. The first kappa shape index (κ1) is 16.4. The molecule has 0 aliphatic carbocycles. The standard InChI is InChI=1S/C17H10ClFINOS/c18-13-9-10(5-6-14(13)19)11-3-1-2-4-15(11)21-17(22)12-7-8-23-16(12)20/h1-9H,(H,21,22). The van der Waals surface area contributed by atoms with Gasteiger partial charge in [-0.05, 0) is 57.8 Å². The SMILES string of the molecule is O=C(Nc1ccccc1-c1ccc(F)c(Cl)c1)c1ccsc1I. The maximum Gasteiger partial charge on any atom is 0.257 e. The van der Waals surface area contributed by atoms with Gasteiger partial charge in [0.2, 0.25) is 0 Å². The summed E-state index contributed by atoms with van der Waals surface area (Å²) in [6, 6.07) is 13.7. The Morgan fingerprint density at radius 2 is 1.96 bits per heavy atom. The predicted molar refractivity (Wildman–Crippen MR) is 102 cm³/mol. The summed E-state index contributed by atoms with van der Waals surface area (Å²) in [4.78, 5) is 12.4. The van der Waals surface area contributed by atoms with E-state index in [-0.39, 0.29) is 10.9 Å². The lowest BCUT2D eigenvalue weighted by molar-refractivity contribution is 0.102. The molecule has 0 atom stereocenters. The number of rotatable bonds is 3. The van der Waals surface area contributed by atoms with Crippen LogP contribution < -0.4 is 5.32 Å². The second-order valence-corrected chi connectivity index (χ2v) is 7.87. The Hall–Kier alpha value is -1.44. The molecule has 1 heterocycles. The number of anilines is 1. The van der Waals surface area contributed by atoms with E-state index in [1.165, 1.54) is 17.4 Å². The van der Waals surface area contributed by atoms with E-state index in [0.29, 0.717) is 11.3 Å². The topological polar surface area (TPSA) is 29.1 Å². The first-order valence-corrected chi connectivity index (χ1v) is 8.98. The molecule has 23 heavy (non-hydrogen) atoms. The molecule has 6 heteroatoms. The van der Waals surface area contributed by atoms with Crippen LogP contribution in [0, 0.1) is 8.70 Å². The van der Waals surface area contributed by atoms with Crippen LogP contribution in [0.15, 0.2) is 53.9 Å². The molecule has 0 fully saturated rings. The first-order valence-electron chi connectivity index (χ1n) is 6.65. The van der Waals surface area contributed by atoms with Gasteiger partial charge in [0.1, 0.15) is 5.82 Å². The van der Waals surface area contributed by atoms with Crippen LogP contribution in [0.4, 0.5) is 10.1 Å². The van der Waals surface area contributed by atoms with Crippen molar-refractivity contribution in [2.45, 2.75) is 0 Å². The first-order chi connectivity index (χ1) is 11.1. The minimum atomic E-state index is -0.468. The summed E-state index contributed by atoms with van der Waals surface area (Å²) >= 11 is 9.52. The van der Waals surface area contributed by atoms with Gasteiger partial charge >= 0.3 is 0 Å². The van der Waals surface area contributed by atoms with Crippen molar-refractivity contribution in [1.82, 2.24) is 0 Å². The predicted octanol–water partition coefficient (Wildman–Crippen LogP) is 6.06. The zero-order valence-electron chi connectivity index (χ0n) is 11.6. The Bertz CT molecular complexity index is 881. The highest BCUT2D eigenvalue weighted by molar-refractivity contribution is 14.1. The van der Waals surface area contributed by atoms with Crippen molar-refractivity contribution >= 4 is 57.1 Å². The molecule has 0 unspecified atom stereocenters. The average Bonchev–Trinajstić information content (AvgIpc) is 2.97. The number of thiophene rings is 1. The summed E-state index contributed by atoms with van der Waals surface area (Å²) in [7, 11) is 0. The molecule has 2 aromatic carbocycles. The lowest BCUT2D eigenvalue weighted by Gasteiger charge is -2.11. The Balaban J connectivity index is 1.96. The number of amides is 1. The Kier molecular flexibility index (Phi) is 4.99. The highest BCUT2D eigenvalue weighted by atomic mass is 127. The van der Waals surface area contributed by atoms with E-state index in [0.717, 1.165) is 14.0 Å². The molecule has 3 aromatic rings. The molecular weight excluding hydrogens is 448 g/mol. The molecule has 0 saturated carbocycles. The molecule has 1 N–H and O–H groups in total. The van der Waals surface area contributed by atoms with E-state index < -0.39 is 5.82 Å². The highest BCUT2D eigenvalue weighted by Crippen LogP contribution is 2.31. The summed E-state index contributed by atoms with van der Waals surface area (Å²) < 4.78 is 14.3. The molecule has 2 nitrogen and oxygen atoms in total. The van der Waals surface area contributed by atoms with Crippen LogP contribution in [0.5, 0.6) is 0 Å². The van der Waals surface area contributed by atoms with Gasteiger partial charge < -0.3 is 5.32 Å². The van der Waals surface area contributed by atoms with E-state index in [2.05, 4.69) is 27.9 Å². The van der Waals surface area contributed by atoms with Crippen molar-refractivity contribution in [2.75, 3.05) is 5.32 Å². The van der Waals surface area contributed by atoms with Crippen LogP contribution in [0.2, 0.25) is 5.02 Å². The van der Waals surface area contributed by atoms with E-state index in [4.69, 9.17) is 11.6 Å². The van der Waals surface area contributed by atoms with Crippen LogP contribution in [0.3, 0.4) is 0 Å². The molecule has 0 spiro atoms. The van der Waals surface area contributed by atoms with Crippen LogP contribution in [-0.4, -0.2) is 5.91 Å². The van der Waals surface area contributed by atoms with Gasteiger partial charge in [-0.3, -0.25) is 4.79 Å². The van der Waals surface area contributed by atoms with Crippen LogP contribution in [0.25, 0.3) is 11.1 Å². The van der Waals surface area contributed by atoms with Gasteiger partial charge in [0.15, 0.2) is 0 Å². The highest BCUT2D eigenvalue weighted by Gasteiger charge is 2.14. The Labute approximate surface area is 155 Å². The quantitative estimate of drug-likeness (QED) is 0.476. The van der Waals surface area contributed by atoms with Crippen molar-refractivity contribution in [3.8, 4) is 11.1 Å². The molecule has 3 rings (SSSR count). The summed E-state index contributed by atoms with van der Waals surface area (Å²) in [6.07, 6.45) is 0. The molecule has 0 bridgehead atoms. The number of nitrogens with one attached hydrogen (secondary N) is 1. The Morgan fingerprint density at radius 1 is 1.17 bits per heavy atom. The third-order valence-corrected chi connectivity index (χ3v) is 5.60. The number of para-hydroxylation sites is 1. The average molecular weight is 458 g/mol. The van der Waals surface area contributed by atoms with E-state index in [1.807, 2.05) is 29.6 Å². The smallest absolute Gasteiger partial charge is 0.257 e. The van der Waals surface area contributed by atoms with Crippen molar-refractivity contribution < 1.29 is 9.18 Å². The Morgan fingerprint density at radius 3 is 2.65 bits per heavy atom. The van der Waals surface area contributed by atoms with Gasteiger partial charge in [-0.2, -0.15) is 0 Å². The fourth-order valence-electron chi connectivity index (χ4n) is 2.15. The van der Waals surface area contributed by atoms with E-state index in [9.17, 15) is 9.18 Å². The van der Waals surface area contributed by atoms with Crippen molar-refractivity contribution in [2.24, 2.45) is 0 Å². The normalized spacial score (nSPS) is 10.6. The minimum Gasteiger partial charge on any atom is -0.321 e. The summed E-state index contributed by atoms with van der Waals surface area (Å²) in [6.45, 7) is 0. The zero-order chi connectivity index (χ0) is 16.4.